The number of methoxy groups -OCH3 is 2. The molecule has 1 unspecified atom stereocenters. The fourth-order valence-corrected chi connectivity index (χ4v) is 10.3. The molecule has 16 nitrogen and oxygen atoms in total. The first-order valence-electron chi connectivity index (χ1n) is 21.7. The number of nitrogens with zero attached hydrogens (tertiary/aromatic N) is 6. The molecule has 0 bridgehead atoms. The second kappa shape index (κ2) is 17.6. The first-order chi connectivity index (χ1) is 29.8. The number of fused-ring (bicyclic) bond motifs is 1. The van der Waals surface area contributed by atoms with Crippen LogP contribution in [0.25, 0.3) is 11.1 Å². The minimum atomic E-state index is -1.00. The molecule has 0 saturated carbocycles. The topological polar surface area (TPSA) is 166 Å². The van der Waals surface area contributed by atoms with Crippen molar-refractivity contribution < 1.29 is 33.4 Å². The van der Waals surface area contributed by atoms with Gasteiger partial charge in [-0.15, -0.1) is 0 Å². The summed E-state index contributed by atoms with van der Waals surface area (Å²) in [6.07, 6.45) is 6.48. The fourth-order valence-electron chi connectivity index (χ4n) is 10.3. The van der Waals surface area contributed by atoms with E-state index in [-0.39, 0.29) is 36.4 Å². The number of carbonyl (C=O) groups excluding carboxylic acids is 5. The van der Waals surface area contributed by atoms with Crippen LogP contribution in [0.3, 0.4) is 0 Å². The summed E-state index contributed by atoms with van der Waals surface area (Å²) in [6.45, 7) is 10.3. The minimum Gasteiger partial charge on any atom is -0.496 e. The number of anilines is 1. The highest BCUT2D eigenvalue weighted by Gasteiger charge is 2.51. The van der Waals surface area contributed by atoms with Gasteiger partial charge in [-0.3, -0.25) is 39.1 Å². The Labute approximate surface area is 362 Å². The van der Waals surface area contributed by atoms with Gasteiger partial charge >= 0.3 is 6.03 Å². The number of hydrogen-bond acceptors (Lipinski definition) is 11. The van der Waals surface area contributed by atoms with E-state index in [1.807, 2.05) is 43.5 Å². The summed E-state index contributed by atoms with van der Waals surface area (Å²) in [5, 5.41) is 4.91. The van der Waals surface area contributed by atoms with E-state index in [2.05, 4.69) is 25.3 Å². The Bertz CT molecular complexity index is 2300. The van der Waals surface area contributed by atoms with E-state index in [1.54, 1.807) is 37.8 Å². The Kier molecular flexibility index (Phi) is 12.2. The van der Waals surface area contributed by atoms with Crippen molar-refractivity contribution >= 4 is 35.9 Å². The summed E-state index contributed by atoms with van der Waals surface area (Å²) in [5.41, 5.74) is 6.64. The molecule has 1 atom stereocenters. The van der Waals surface area contributed by atoms with E-state index in [0.717, 1.165) is 109 Å². The van der Waals surface area contributed by atoms with Crippen molar-refractivity contribution in [2.45, 2.75) is 64.6 Å². The fraction of sp³-hybridized carbons (Fsp3) is 0.522. The molecule has 5 aliphatic heterocycles. The maximum Gasteiger partial charge on any atom is 0.317 e. The van der Waals surface area contributed by atoms with Crippen LogP contribution in [0.1, 0.15) is 64.7 Å². The first-order valence-corrected chi connectivity index (χ1v) is 21.7. The molecular formula is C46H58N8O8. The Hall–Kier alpha value is -5.74. The van der Waals surface area contributed by atoms with Crippen molar-refractivity contribution in [3.63, 3.8) is 0 Å². The van der Waals surface area contributed by atoms with Gasteiger partial charge in [-0.25, -0.2) is 4.79 Å². The highest BCUT2D eigenvalue weighted by Crippen LogP contribution is 2.43. The number of rotatable bonds is 12. The maximum absolute atomic E-state index is 13.5. The van der Waals surface area contributed by atoms with E-state index in [9.17, 15) is 28.8 Å². The van der Waals surface area contributed by atoms with Crippen molar-refractivity contribution in [1.82, 2.24) is 34.8 Å². The lowest BCUT2D eigenvalue weighted by molar-refractivity contribution is -0.139. The van der Waals surface area contributed by atoms with E-state index >= 15 is 0 Å². The van der Waals surface area contributed by atoms with Gasteiger partial charge in [0.15, 0.2) is 0 Å². The molecule has 4 saturated heterocycles. The average molecular weight is 851 g/mol. The zero-order chi connectivity index (χ0) is 43.9. The minimum absolute atomic E-state index is 0.0802. The third-order valence-corrected chi connectivity index (χ3v) is 13.8. The quantitative estimate of drug-likeness (QED) is 0.203. The number of carbonyl (C=O) groups is 5. The predicted molar refractivity (Wildman–Crippen MR) is 232 cm³/mol. The molecule has 2 N–H and O–H groups in total. The highest BCUT2D eigenvalue weighted by molar-refractivity contribution is 6.08. The van der Waals surface area contributed by atoms with Gasteiger partial charge in [0.05, 0.1) is 26.3 Å². The van der Waals surface area contributed by atoms with Gasteiger partial charge < -0.3 is 34.1 Å². The number of piperidine rings is 2. The smallest absolute Gasteiger partial charge is 0.317 e. The van der Waals surface area contributed by atoms with Gasteiger partial charge in [-0.05, 0) is 106 Å². The van der Waals surface area contributed by atoms with Crippen LogP contribution in [0, 0.1) is 18.3 Å². The van der Waals surface area contributed by atoms with Crippen LogP contribution < -0.4 is 30.6 Å². The largest absolute Gasteiger partial charge is 0.496 e. The second-order valence-electron chi connectivity index (χ2n) is 17.9. The lowest BCUT2D eigenvalue weighted by Crippen LogP contribution is -2.72. The van der Waals surface area contributed by atoms with Gasteiger partial charge in [0.25, 0.3) is 11.5 Å². The molecule has 0 radical (unpaired) electrons. The number of hydrogen-bond donors (Lipinski definition) is 2. The number of imide groups is 2. The van der Waals surface area contributed by atoms with Crippen LogP contribution in [-0.2, 0) is 40.9 Å². The molecule has 4 fully saturated rings. The summed E-state index contributed by atoms with van der Waals surface area (Å²) in [4.78, 5) is 85.1. The van der Waals surface area contributed by atoms with Crippen molar-refractivity contribution in [2.24, 2.45) is 18.4 Å². The Balaban J connectivity index is 0.820. The predicted octanol–water partition coefficient (Wildman–Crippen LogP) is 2.90. The van der Waals surface area contributed by atoms with Gasteiger partial charge in [-0.1, -0.05) is 6.07 Å². The number of nitrogens with one attached hydrogen (secondary N) is 2. The first kappa shape index (κ1) is 42.9. The molecule has 1 aromatic heterocycles. The molecule has 1 spiro atoms. The summed E-state index contributed by atoms with van der Waals surface area (Å²) >= 11 is 0. The third kappa shape index (κ3) is 8.29. The van der Waals surface area contributed by atoms with Crippen molar-refractivity contribution in [3.8, 4) is 22.6 Å². The molecule has 62 heavy (non-hydrogen) atoms. The molecule has 8 rings (SSSR count). The standard InChI is InChI=1S/C46H58N8O8/c1-29-6-7-32(20-34(29)44(59)54(28-55)38-8-9-41(56)48-42(38)57)53-26-46(27-53)24-51(25-46)16-12-30-10-14-50(15-11-30)22-37-39(61-4)18-31(19-40(37)62-5)35-21-49(3)43(58)36-23-52(45(60)47-2)17-13-33(35)36/h6-7,18-21,28,30,38H,8-17,22-27H2,1-5H3,(H,47,60)(H,48,56,57). The van der Waals surface area contributed by atoms with Crippen LogP contribution >= 0.6 is 0 Å². The molecular weight excluding hydrogens is 793 g/mol. The van der Waals surface area contributed by atoms with Crippen LogP contribution in [0.5, 0.6) is 11.5 Å². The molecule has 330 valence electrons. The van der Waals surface area contributed by atoms with Crippen LogP contribution in [0.2, 0.25) is 0 Å². The normalized spacial score (nSPS) is 20.2. The van der Waals surface area contributed by atoms with Crippen molar-refractivity contribution in [2.75, 3.05) is 78.5 Å². The number of likely N-dealkylation sites (tertiary alicyclic amines) is 2. The van der Waals surface area contributed by atoms with Crippen molar-refractivity contribution in [1.29, 1.82) is 0 Å². The number of ether oxygens (including phenoxy) is 2. The Morgan fingerprint density at radius 2 is 1.65 bits per heavy atom. The molecule has 6 amide bonds. The molecule has 5 aliphatic rings. The lowest BCUT2D eigenvalue weighted by Gasteiger charge is -2.61. The van der Waals surface area contributed by atoms with Crippen LogP contribution in [0.15, 0.2) is 41.3 Å². The molecule has 6 heterocycles. The molecule has 3 aromatic rings. The van der Waals surface area contributed by atoms with Gasteiger partial charge in [0.1, 0.15) is 17.5 Å². The third-order valence-electron chi connectivity index (χ3n) is 13.8. The number of aromatic nitrogens is 1. The summed E-state index contributed by atoms with van der Waals surface area (Å²) in [6, 6.07) is 8.61. The van der Waals surface area contributed by atoms with E-state index in [0.29, 0.717) is 43.0 Å². The average Bonchev–Trinajstić information content (AvgIpc) is 3.25. The molecule has 16 heteroatoms. The van der Waals surface area contributed by atoms with E-state index in [4.69, 9.17) is 9.47 Å². The lowest BCUT2D eigenvalue weighted by atomic mass is 9.72. The number of urea groups is 1. The van der Waals surface area contributed by atoms with Crippen LogP contribution in [-0.4, -0.2) is 134 Å². The number of benzene rings is 2. The monoisotopic (exact) mass is 850 g/mol. The Morgan fingerprint density at radius 1 is 0.935 bits per heavy atom. The Morgan fingerprint density at radius 3 is 2.29 bits per heavy atom. The highest BCUT2D eigenvalue weighted by atomic mass is 16.5. The zero-order valence-electron chi connectivity index (χ0n) is 36.5. The maximum atomic E-state index is 13.5. The van der Waals surface area contributed by atoms with Gasteiger partial charge in [0.2, 0.25) is 18.2 Å². The number of aryl methyl sites for hydroxylation is 2. The summed E-state index contributed by atoms with van der Waals surface area (Å²) in [7, 11) is 6.72. The zero-order valence-corrected chi connectivity index (χ0v) is 36.5. The molecule has 0 aliphatic carbocycles. The number of amides is 6. The number of pyridine rings is 1. The van der Waals surface area contributed by atoms with E-state index in [1.165, 1.54) is 6.42 Å². The van der Waals surface area contributed by atoms with Crippen molar-refractivity contribution in [3.05, 3.63) is 74.7 Å². The van der Waals surface area contributed by atoms with Gasteiger partial charge in [-0.2, -0.15) is 0 Å². The van der Waals surface area contributed by atoms with E-state index < -0.39 is 23.8 Å². The SMILES string of the molecule is CNC(=O)N1CCc2c(-c3cc(OC)c(CN4CCC(CCN5CC6(C5)CN(c5ccc(C)c(C(=O)N(C=O)C7CCC(=O)NC7=O)c5)C6)CC4)c(OC)c3)cn(C)c(=O)c2C1. The summed E-state index contributed by atoms with van der Waals surface area (Å²) < 4.78 is 13.6. The van der Waals surface area contributed by atoms with Gasteiger partial charge in [0, 0.05) is 93.8 Å². The molecule has 2 aromatic carbocycles. The van der Waals surface area contributed by atoms with Crippen LogP contribution in [0.4, 0.5) is 10.5 Å². The second-order valence-corrected chi connectivity index (χ2v) is 17.9. The summed E-state index contributed by atoms with van der Waals surface area (Å²) in [5.74, 6) is 0.604.